The fraction of sp³-hybridized carbons (Fsp3) is 0.250. The summed E-state index contributed by atoms with van der Waals surface area (Å²) in [7, 11) is 1.74. The number of rotatable bonds is 5. The Labute approximate surface area is 134 Å². The number of nitrogens with zero attached hydrogens (tertiary/aromatic N) is 2. The molecule has 1 atom stereocenters. The van der Waals surface area contributed by atoms with Gasteiger partial charge in [-0.3, -0.25) is 4.79 Å². The van der Waals surface area contributed by atoms with E-state index in [4.69, 9.17) is 11.6 Å². The SMILES string of the molecule is CNc1nnc(S[C@@H](C)C(=O)Nc2ccc(Cl)cc2F)s1. The van der Waals surface area contributed by atoms with Crippen molar-refractivity contribution in [3.05, 3.63) is 29.0 Å². The second-order valence-electron chi connectivity index (χ2n) is 4.00. The molecule has 0 aliphatic rings. The Balaban J connectivity index is 1.99. The zero-order valence-electron chi connectivity index (χ0n) is 11.2. The highest BCUT2D eigenvalue weighted by atomic mass is 35.5. The van der Waals surface area contributed by atoms with Gasteiger partial charge < -0.3 is 10.6 Å². The van der Waals surface area contributed by atoms with Crippen LogP contribution in [0.2, 0.25) is 5.02 Å². The molecule has 0 spiro atoms. The molecule has 0 aliphatic heterocycles. The average Bonchev–Trinajstić information content (AvgIpc) is 2.89. The minimum Gasteiger partial charge on any atom is -0.363 e. The van der Waals surface area contributed by atoms with E-state index in [1.807, 2.05) is 0 Å². The number of nitrogens with one attached hydrogen (secondary N) is 2. The normalized spacial score (nSPS) is 12.0. The second kappa shape index (κ2) is 7.06. The van der Waals surface area contributed by atoms with Crippen molar-refractivity contribution >= 4 is 51.4 Å². The van der Waals surface area contributed by atoms with Gasteiger partial charge in [-0.1, -0.05) is 34.7 Å². The molecule has 2 N–H and O–H groups in total. The van der Waals surface area contributed by atoms with Gasteiger partial charge in [-0.25, -0.2) is 4.39 Å². The summed E-state index contributed by atoms with van der Waals surface area (Å²) in [5.74, 6) is -0.885. The topological polar surface area (TPSA) is 66.9 Å². The van der Waals surface area contributed by atoms with Crippen LogP contribution in [0.15, 0.2) is 22.5 Å². The van der Waals surface area contributed by atoms with Crippen LogP contribution in [0.25, 0.3) is 0 Å². The molecule has 2 rings (SSSR count). The molecule has 0 unspecified atom stereocenters. The van der Waals surface area contributed by atoms with Crippen molar-refractivity contribution in [1.82, 2.24) is 10.2 Å². The van der Waals surface area contributed by atoms with E-state index in [9.17, 15) is 9.18 Å². The molecule has 0 aliphatic carbocycles. The number of aromatic nitrogens is 2. The molecule has 0 saturated heterocycles. The predicted molar refractivity (Wildman–Crippen MR) is 84.8 cm³/mol. The van der Waals surface area contributed by atoms with Gasteiger partial charge in [0.05, 0.1) is 10.9 Å². The van der Waals surface area contributed by atoms with Crippen molar-refractivity contribution in [1.29, 1.82) is 0 Å². The van der Waals surface area contributed by atoms with E-state index in [0.717, 1.165) is 6.07 Å². The highest BCUT2D eigenvalue weighted by Gasteiger charge is 2.18. The van der Waals surface area contributed by atoms with Crippen LogP contribution in [0.1, 0.15) is 6.92 Å². The number of halogens is 2. The molecule has 21 heavy (non-hydrogen) atoms. The first-order valence-electron chi connectivity index (χ1n) is 5.93. The first-order chi connectivity index (χ1) is 9.99. The maximum atomic E-state index is 13.6. The Kier molecular flexibility index (Phi) is 5.38. The molecule has 0 fully saturated rings. The summed E-state index contributed by atoms with van der Waals surface area (Å²) in [6.45, 7) is 1.72. The Morgan fingerprint density at radius 2 is 2.24 bits per heavy atom. The van der Waals surface area contributed by atoms with Crippen LogP contribution in [0.3, 0.4) is 0 Å². The molecular weight excluding hydrogens is 335 g/mol. The first-order valence-corrected chi connectivity index (χ1v) is 8.01. The fourth-order valence-electron chi connectivity index (χ4n) is 1.39. The molecule has 2 aromatic rings. The summed E-state index contributed by atoms with van der Waals surface area (Å²) in [4.78, 5) is 12.0. The van der Waals surface area contributed by atoms with Crippen molar-refractivity contribution in [3.63, 3.8) is 0 Å². The van der Waals surface area contributed by atoms with Crippen molar-refractivity contribution < 1.29 is 9.18 Å². The fourth-order valence-corrected chi connectivity index (χ4v) is 3.40. The van der Waals surface area contributed by atoms with Crippen LogP contribution in [-0.4, -0.2) is 28.4 Å². The van der Waals surface area contributed by atoms with Gasteiger partial charge >= 0.3 is 0 Å². The third-order valence-corrected chi connectivity index (χ3v) is 4.82. The quantitative estimate of drug-likeness (QED) is 0.811. The zero-order valence-corrected chi connectivity index (χ0v) is 13.6. The minimum atomic E-state index is -0.568. The van der Waals surface area contributed by atoms with Crippen LogP contribution in [0.5, 0.6) is 0 Å². The van der Waals surface area contributed by atoms with E-state index in [1.54, 1.807) is 14.0 Å². The number of thioether (sulfide) groups is 1. The van der Waals surface area contributed by atoms with Crippen LogP contribution >= 0.6 is 34.7 Å². The summed E-state index contributed by atoms with van der Waals surface area (Å²) >= 11 is 8.27. The number of benzene rings is 1. The predicted octanol–water partition coefficient (Wildman–Crippen LogP) is 3.49. The molecule has 1 amide bonds. The number of amides is 1. The molecule has 0 saturated carbocycles. The Morgan fingerprint density at radius 1 is 1.48 bits per heavy atom. The lowest BCUT2D eigenvalue weighted by atomic mass is 10.3. The molecule has 1 heterocycles. The largest absolute Gasteiger partial charge is 0.363 e. The summed E-state index contributed by atoms with van der Waals surface area (Å²) in [6, 6.07) is 4.10. The zero-order chi connectivity index (χ0) is 15.4. The van der Waals surface area contributed by atoms with E-state index in [-0.39, 0.29) is 16.6 Å². The summed E-state index contributed by atoms with van der Waals surface area (Å²) in [5.41, 5.74) is 0.102. The summed E-state index contributed by atoms with van der Waals surface area (Å²) in [5, 5.41) is 13.7. The van der Waals surface area contributed by atoms with E-state index in [2.05, 4.69) is 20.8 Å². The van der Waals surface area contributed by atoms with Crippen molar-refractivity contribution in [2.75, 3.05) is 17.7 Å². The standard InChI is InChI=1S/C12H12ClFN4OS2/c1-6(20-12-18-17-11(15-2)21-12)10(19)16-9-4-3-7(13)5-8(9)14/h3-6H,1-2H3,(H,15,17)(H,16,19)/t6-/m0/s1. The van der Waals surface area contributed by atoms with E-state index in [1.165, 1.54) is 35.2 Å². The van der Waals surface area contributed by atoms with E-state index >= 15 is 0 Å². The van der Waals surface area contributed by atoms with Crippen LogP contribution in [0, 0.1) is 5.82 Å². The number of anilines is 2. The van der Waals surface area contributed by atoms with Gasteiger partial charge in [0.15, 0.2) is 4.34 Å². The lowest BCUT2D eigenvalue weighted by Crippen LogP contribution is -2.22. The highest BCUT2D eigenvalue weighted by molar-refractivity contribution is 8.02. The molecule has 0 radical (unpaired) electrons. The smallest absolute Gasteiger partial charge is 0.237 e. The van der Waals surface area contributed by atoms with Gasteiger partial charge in [-0.2, -0.15) is 0 Å². The Hall–Kier alpha value is -1.38. The average molecular weight is 347 g/mol. The first kappa shape index (κ1) is 16.0. The van der Waals surface area contributed by atoms with Gasteiger partial charge in [-0.05, 0) is 25.1 Å². The number of carbonyl (C=O) groups is 1. The number of carbonyl (C=O) groups excluding carboxylic acids is 1. The number of hydrogen-bond donors (Lipinski definition) is 2. The van der Waals surface area contributed by atoms with Gasteiger partial charge in [0, 0.05) is 12.1 Å². The third kappa shape index (κ3) is 4.29. The van der Waals surface area contributed by atoms with E-state index < -0.39 is 11.1 Å². The second-order valence-corrected chi connectivity index (χ2v) is 7.00. The molecule has 1 aromatic heterocycles. The van der Waals surface area contributed by atoms with Crippen molar-refractivity contribution in [3.8, 4) is 0 Å². The highest BCUT2D eigenvalue weighted by Crippen LogP contribution is 2.29. The summed E-state index contributed by atoms with van der Waals surface area (Å²) < 4.78 is 14.3. The molecule has 9 heteroatoms. The maximum absolute atomic E-state index is 13.6. The molecule has 0 bridgehead atoms. The van der Waals surface area contributed by atoms with Crippen LogP contribution in [-0.2, 0) is 4.79 Å². The monoisotopic (exact) mass is 346 g/mol. The van der Waals surface area contributed by atoms with Gasteiger partial charge in [0.2, 0.25) is 11.0 Å². The Morgan fingerprint density at radius 3 is 2.86 bits per heavy atom. The lowest BCUT2D eigenvalue weighted by molar-refractivity contribution is -0.115. The van der Waals surface area contributed by atoms with Crippen LogP contribution in [0.4, 0.5) is 15.2 Å². The molecular formula is C12H12ClFN4OS2. The van der Waals surface area contributed by atoms with E-state index in [0.29, 0.717) is 9.47 Å². The molecule has 5 nitrogen and oxygen atoms in total. The Bertz CT molecular complexity index is 652. The van der Waals surface area contributed by atoms with Gasteiger partial charge in [0.1, 0.15) is 5.82 Å². The lowest BCUT2D eigenvalue weighted by Gasteiger charge is -2.11. The third-order valence-electron chi connectivity index (χ3n) is 2.46. The molecule has 1 aromatic carbocycles. The maximum Gasteiger partial charge on any atom is 0.237 e. The summed E-state index contributed by atoms with van der Waals surface area (Å²) in [6.07, 6.45) is 0. The number of hydrogen-bond acceptors (Lipinski definition) is 6. The van der Waals surface area contributed by atoms with Gasteiger partial charge in [-0.15, -0.1) is 10.2 Å². The van der Waals surface area contributed by atoms with Crippen molar-refractivity contribution in [2.24, 2.45) is 0 Å². The molecule has 112 valence electrons. The van der Waals surface area contributed by atoms with Crippen molar-refractivity contribution in [2.45, 2.75) is 16.5 Å². The minimum absolute atomic E-state index is 0.102. The van der Waals surface area contributed by atoms with Gasteiger partial charge in [0.25, 0.3) is 0 Å². The van der Waals surface area contributed by atoms with Crippen LogP contribution < -0.4 is 10.6 Å².